The fraction of sp³-hybridized carbons (Fsp3) is 0.467. The topological polar surface area (TPSA) is 84.0 Å². The van der Waals surface area contributed by atoms with E-state index in [2.05, 4.69) is 20.0 Å². The van der Waals surface area contributed by atoms with Crippen LogP contribution in [0.3, 0.4) is 0 Å². The number of fused-ring (bicyclic) bond motifs is 1. The number of benzene rings is 1. The zero-order chi connectivity index (χ0) is 16.4. The second kappa shape index (κ2) is 6.59. The predicted molar refractivity (Wildman–Crippen MR) is 92.1 cm³/mol. The van der Waals surface area contributed by atoms with Crippen LogP contribution in [0, 0.1) is 0 Å². The molecule has 1 aliphatic carbocycles. The minimum Gasteiger partial charge on any atom is -0.367 e. The van der Waals surface area contributed by atoms with Crippen LogP contribution in [0.5, 0.6) is 0 Å². The number of hydrogen-bond donors (Lipinski definition) is 2. The monoisotopic (exact) mass is 354 g/mol. The lowest BCUT2D eigenvalue weighted by molar-refractivity contribution is 0.585. The Morgan fingerprint density at radius 2 is 2.00 bits per heavy atom. The number of anilines is 1. The Balaban J connectivity index is 1.96. The smallest absolute Gasteiger partial charge is 0.209 e. The highest BCUT2D eigenvalue weighted by molar-refractivity contribution is 7.88. The van der Waals surface area contributed by atoms with Gasteiger partial charge in [-0.05, 0) is 31.0 Å². The van der Waals surface area contributed by atoms with Crippen LogP contribution in [-0.2, 0) is 16.6 Å². The molecule has 6 nitrogen and oxygen atoms in total. The number of rotatable bonds is 5. The summed E-state index contributed by atoms with van der Waals surface area (Å²) in [5.41, 5.74) is 0.746. The van der Waals surface area contributed by atoms with E-state index < -0.39 is 10.0 Å². The summed E-state index contributed by atoms with van der Waals surface area (Å²) in [6, 6.07) is 5.82. The van der Waals surface area contributed by atoms with E-state index in [0.717, 1.165) is 35.8 Å². The Labute approximate surface area is 140 Å². The molecule has 2 N–H and O–H groups in total. The van der Waals surface area contributed by atoms with Gasteiger partial charge in [0.05, 0.1) is 18.3 Å². The van der Waals surface area contributed by atoms with Crippen LogP contribution in [0.15, 0.2) is 18.2 Å². The first kappa shape index (κ1) is 16.4. The van der Waals surface area contributed by atoms with E-state index in [1.54, 1.807) is 6.07 Å². The van der Waals surface area contributed by atoms with E-state index >= 15 is 0 Å². The Kier molecular flexibility index (Phi) is 4.70. The zero-order valence-corrected chi connectivity index (χ0v) is 14.4. The normalized spacial score (nSPS) is 16.1. The van der Waals surface area contributed by atoms with Crippen LogP contribution in [0.1, 0.15) is 31.5 Å². The van der Waals surface area contributed by atoms with Gasteiger partial charge >= 0.3 is 0 Å². The third-order valence-electron chi connectivity index (χ3n) is 3.89. The summed E-state index contributed by atoms with van der Waals surface area (Å²) in [4.78, 5) is 8.92. The van der Waals surface area contributed by atoms with E-state index in [-0.39, 0.29) is 6.54 Å². The van der Waals surface area contributed by atoms with E-state index in [9.17, 15) is 8.42 Å². The number of hydrogen-bond acceptors (Lipinski definition) is 5. The molecule has 124 valence electrons. The molecule has 23 heavy (non-hydrogen) atoms. The molecule has 2 aromatic rings. The van der Waals surface area contributed by atoms with Gasteiger partial charge in [-0.2, -0.15) is 0 Å². The predicted octanol–water partition coefficient (Wildman–Crippen LogP) is 2.69. The molecule has 0 aliphatic heterocycles. The molecular formula is C15H19ClN4O2S. The molecule has 0 spiro atoms. The first-order valence-corrected chi connectivity index (χ1v) is 9.85. The second-order valence-corrected chi connectivity index (χ2v) is 8.14. The van der Waals surface area contributed by atoms with Crippen LogP contribution in [0.4, 0.5) is 5.82 Å². The molecule has 0 atom stereocenters. The van der Waals surface area contributed by atoms with Gasteiger partial charge in [0.25, 0.3) is 0 Å². The highest BCUT2D eigenvalue weighted by Gasteiger charge is 2.17. The summed E-state index contributed by atoms with van der Waals surface area (Å²) in [6.45, 7) is 0.0662. The summed E-state index contributed by atoms with van der Waals surface area (Å²) in [6.07, 6.45) is 5.77. The third-order valence-corrected chi connectivity index (χ3v) is 4.80. The maximum Gasteiger partial charge on any atom is 0.209 e. The molecule has 0 unspecified atom stereocenters. The summed E-state index contributed by atoms with van der Waals surface area (Å²) < 4.78 is 25.0. The van der Waals surface area contributed by atoms with Crippen LogP contribution < -0.4 is 10.0 Å². The number of nitrogens with one attached hydrogen (secondary N) is 2. The molecule has 0 saturated heterocycles. The largest absolute Gasteiger partial charge is 0.367 e. The summed E-state index contributed by atoms with van der Waals surface area (Å²) >= 11 is 6.09. The minimum absolute atomic E-state index is 0.0662. The van der Waals surface area contributed by atoms with Crippen LogP contribution in [-0.4, -0.2) is 30.7 Å². The van der Waals surface area contributed by atoms with Crippen molar-refractivity contribution in [3.8, 4) is 0 Å². The van der Waals surface area contributed by atoms with Crippen molar-refractivity contribution in [3.05, 3.63) is 29.0 Å². The van der Waals surface area contributed by atoms with Crippen LogP contribution in [0.2, 0.25) is 5.02 Å². The number of halogens is 1. The quantitative estimate of drug-likeness (QED) is 0.862. The Hall–Kier alpha value is -1.44. The highest BCUT2D eigenvalue weighted by atomic mass is 35.5. The van der Waals surface area contributed by atoms with E-state index in [4.69, 9.17) is 11.6 Å². The first-order valence-electron chi connectivity index (χ1n) is 7.58. The lowest BCUT2D eigenvalue weighted by Crippen LogP contribution is -2.23. The maximum atomic E-state index is 11.3. The van der Waals surface area contributed by atoms with Crippen molar-refractivity contribution in [3.63, 3.8) is 0 Å². The van der Waals surface area contributed by atoms with Crippen molar-refractivity contribution in [1.29, 1.82) is 0 Å². The van der Waals surface area contributed by atoms with Gasteiger partial charge in [-0.15, -0.1) is 0 Å². The average Bonchev–Trinajstić information content (AvgIpc) is 2.98. The third kappa shape index (κ3) is 4.31. The summed E-state index contributed by atoms with van der Waals surface area (Å²) in [5.74, 6) is 1.15. The van der Waals surface area contributed by atoms with Gasteiger partial charge in [0.1, 0.15) is 11.6 Å². The van der Waals surface area contributed by atoms with Crippen LogP contribution in [0.25, 0.3) is 10.9 Å². The minimum atomic E-state index is -3.29. The number of nitrogens with zero attached hydrogens (tertiary/aromatic N) is 2. The van der Waals surface area contributed by atoms with Gasteiger partial charge in [-0.3, -0.25) is 0 Å². The fourth-order valence-corrected chi connectivity index (χ4v) is 3.36. The van der Waals surface area contributed by atoms with Gasteiger partial charge in [0.15, 0.2) is 0 Å². The molecule has 1 fully saturated rings. The average molecular weight is 355 g/mol. The molecule has 1 aromatic heterocycles. The summed E-state index contributed by atoms with van der Waals surface area (Å²) in [5, 5.41) is 4.94. The van der Waals surface area contributed by atoms with E-state index in [1.807, 2.05) is 12.1 Å². The molecule has 8 heteroatoms. The Bertz CT molecular complexity index is 820. The number of aromatic nitrogens is 2. The SMILES string of the molecule is CS(=O)(=O)NCc1nc(NC2CCCC2)c2cc(Cl)ccc2n1. The lowest BCUT2D eigenvalue weighted by Gasteiger charge is -2.16. The Morgan fingerprint density at radius 3 is 2.70 bits per heavy atom. The maximum absolute atomic E-state index is 11.3. The highest BCUT2D eigenvalue weighted by Crippen LogP contribution is 2.28. The van der Waals surface area contributed by atoms with Crippen molar-refractivity contribution in [1.82, 2.24) is 14.7 Å². The van der Waals surface area contributed by atoms with Gasteiger partial charge < -0.3 is 5.32 Å². The summed E-state index contributed by atoms with van der Waals surface area (Å²) in [7, 11) is -3.29. The van der Waals surface area contributed by atoms with Gasteiger partial charge in [0, 0.05) is 16.5 Å². The van der Waals surface area contributed by atoms with Crippen molar-refractivity contribution in [2.75, 3.05) is 11.6 Å². The molecule has 0 amide bonds. The van der Waals surface area contributed by atoms with Crippen LogP contribution >= 0.6 is 11.6 Å². The standard InChI is InChI=1S/C15H19ClN4O2S/c1-23(21,22)17-9-14-19-13-7-6-10(16)8-12(13)15(20-14)18-11-4-2-3-5-11/h6-8,11,17H,2-5,9H2,1H3,(H,18,19,20). The second-order valence-electron chi connectivity index (χ2n) is 5.87. The van der Waals surface area contributed by atoms with Crippen molar-refractivity contribution in [2.45, 2.75) is 38.3 Å². The molecule has 0 bridgehead atoms. The van der Waals surface area contributed by atoms with Gasteiger partial charge in [-0.1, -0.05) is 24.4 Å². The Morgan fingerprint density at radius 1 is 1.26 bits per heavy atom. The molecule has 1 saturated carbocycles. The van der Waals surface area contributed by atoms with Crippen molar-refractivity contribution in [2.24, 2.45) is 0 Å². The van der Waals surface area contributed by atoms with Crippen molar-refractivity contribution >= 4 is 38.3 Å². The van der Waals surface area contributed by atoms with Gasteiger partial charge in [0.2, 0.25) is 10.0 Å². The van der Waals surface area contributed by atoms with Crippen molar-refractivity contribution < 1.29 is 8.42 Å². The first-order chi connectivity index (χ1) is 10.9. The molecule has 1 aliphatic rings. The molecular weight excluding hydrogens is 336 g/mol. The molecule has 1 heterocycles. The lowest BCUT2D eigenvalue weighted by atomic mass is 10.2. The molecule has 0 radical (unpaired) electrons. The zero-order valence-electron chi connectivity index (χ0n) is 12.8. The number of sulfonamides is 1. The van der Waals surface area contributed by atoms with Gasteiger partial charge in [-0.25, -0.2) is 23.1 Å². The van der Waals surface area contributed by atoms with E-state index in [0.29, 0.717) is 16.9 Å². The molecule has 3 rings (SSSR count). The molecule has 1 aromatic carbocycles. The fourth-order valence-electron chi connectivity index (χ4n) is 2.80. The van der Waals surface area contributed by atoms with E-state index in [1.165, 1.54) is 12.8 Å².